The van der Waals surface area contributed by atoms with E-state index in [1.807, 2.05) is 19.1 Å². The third kappa shape index (κ3) is 4.99. The minimum absolute atomic E-state index is 0.0178. The molecule has 1 saturated heterocycles. The van der Waals surface area contributed by atoms with Gasteiger partial charge in [-0.05, 0) is 37.6 Å². The van der Waals surface area contributed by atoms with Crippen LogP contribution in [0.2, 0.25) is 0 Å². The SMILES string of the molecule is CCOCCCNC(=O)c1ccc(NC2=NC3CS(=O)(=O)CC3S2)cc1. The highest BCUT2D eigenvalue weighted by molar-refractivity contribution is 8.15. The lowest BCUT2D eigenvalue weighted by molar-refractivity contribution is 0.0944. The third-order valence-electron chi connectivity index (χ3n) is 4.17. The molecule has 0 saturated carbocycles. The van der Waals surface area contributed by atoms with Gasteiger partial charge in [0.2, 0.25) is 0 Å². The summed E-state index contributed by atoms with van der Waals surface area (Å²) in [7, 11) is -2.94. The zero-order chi connectivity index (χ0) is 18.6. The van der Waals surface area contributed by atoms with Crippen molar-refractivity contribution in [3.8, 4) is 0 Å². The number of carbonyl (C=O) groups excluding carboxylic acids is 1. The average Bonchev–Trinajstić information content (AvgIpc) is 3.07. The van der Waals surface area contributed by atoms with E-state index in [1.165, 1.54) is 11.8 Å². The van der Waals surface area contributed by atoms with Gasteiger partial charge in [-0.3, -0.25) is 9.79 Å². The molecule has 26 heavy (non-hydrogen) atoms. The molecule has 2 aliphatic heterocycles. The molecule has 2 N–H and O–H groups in total. The monoisotopic (exact) mass is 397 g/mol. The summed E-state index contributed by atoms with van der Waals surface area (Å²) in [4.78, 5) is 16.5. The Bertz CT molecular complexity index is 778. The Morgan fingerprint density at radius 3 is 2.77 bits per heavy atom. The minimum Gasteiger partial charge on any atom is -0.382 e. The smallest absolute Gasteiger partial charge is 0.251 e. The van der Waals surface area contributed by atoms with Gasteiger partial charge in [0.25, 0.3) is 5.91 Å². The summed E-state index contributed by atoms with van der Waals surface area (Å²) in [5, 5.41) is 6.82. The first-order valence-electron chi connectivity index (χ1n) is 8.65. The number of benzene rings is 1. The van der Waals surface area contributed by atoms with E-state index in [0.717, 1.165) is 17.3 Å². The highest BCUT2D eigenvalue weighted by Gasteiger charge is 2.42. The van der Waals surface area contributed by atoms with Gasteiger partial charge in [0.1, 0.15) is 0 Å². The quantitative estimate of drug-likeness (QED) is 0.677. The maximum atomic E-state index is 12.1. The van der Waals surface area contributed by atoms with Gasteiger partial charge in [-0.25, -0.2) is 8.42 Å². The van der Waals surface area contributed by atoms with E-state index in [2.05, 4.69) is 15.6 Å². The number of anilines is 1. The molecule has 0 aliphatic carbocycles. The van der Waals surface area contributed by atoms with Crippen molar-refractivity contribution >= 4 is 38.4 Å². The van der Waals surface area contributed by atoms with Gasteiger partial charge < -0.3 is 15.4 Å². The number of ether oxygens (including phenoxy) is 1. The zero-order valence-electron chi connectivity index (χ0n) is 14.6. The largest absolute Gasteiger partial charge is 0.382 e. The van der Waals surface area contributed by atoms with Gasteiger partial charge >= 0.3 is 0 Å². The van der Waals surface area contributed by atoms with Crippen LogP contribution in [0, 0.1) is 0 Å². The number of hydrogen-bond acceptors (Lipinski definition) is 7. The fourth-order valence-corrected chi connectivity index (χ4v) is 6.54. The first kappa shape index (κ1) is 19.2. The van der Waals surface area contributed by atoms with E-state index in [9.17, 15) is 13.2 Å². The molecule has 3 rings (SSSR count). The number of amides is 1. The van der Waals surface area contributed by atoms with Gasteiger partial charge in [-0.1, -0.05) is 11.8 Å². The number of amidine groups is 1. The summed E-state index contributed by atoms with van der Waals surface area (Å²) >= 11 is 1.47. The van der Waals surface area contributed by atoms with Crippen LogP contribution in [0.25, 0.3) is 0 Å². The van der Waals surface area contributed by atoms with Gasteiger partial charge in [-0.15, -0.1) is 0 Å². The fraction of sp³-hybridized carbons (Fsp3) is 0.529. The molecule has 1 aromatic carbocycles. The zero-order valence-corrected chi connectivity index (χ0v) is 16.2. The number of rotatable bonds is 7. The number of sulfone groups is 1. The molecule has 1 amide bonds. The molecule has 0 aromatic heterocycles. The van der Waals surface area contributed by atoms with Crippen molar-refractivity contribution in [2.75, 3.05) is 36.6 Å². The molecule has 1 fully saturated rings. The number of nitrogens with one attached hydrogen (secondary N) is 2. The van der Waals surface area contributed by atoms with Crippen LogP contribution in [-0.2, 0) is 14.6 Å². The molecule has 0 bridgehead atoms. The molecule has 2 atom stereocenters. The van der Waals surface area contributed by atoms with Crippen molar-refractivity contribution in [2.24, 2.45) is 4.99 Å². The van der Waals surface area contributed by atoms with E-state index in [4.69, 9.17) is 4.74 Å². The average molecular weight is 398 g/mol. The Morgan fingerprint density at radius 1 is 1.31 bits per heavy atom. The number of fused-ring (bicyclic) bond motifs is 1. The van der Waals surface area contributed by atoms with Gasteiger partial charge in [0.05, 0.1) is 17.5 Å². The molecule has 142 valence electrons. The highest BCUT2D eigenvalue weighted by atomic mass is 32.2. The van der Waals surface area contributed by atoms with Crippen LogP contribution in [-0.4, -0.2) is 62.0 Å². The second-order valence-corrected chi connectivity index (χ2v) is 9.63. The standard InChI is InChI=1S/C17H23N3O4S2/c1-2-24-9-3-8-18-16(21)12-4-6-13(7-5-12)19-17-20-14-10-26(22,23)11-15(14)25-17/h4-7,14-15H,2-3,8-11H2,1H3,(H,18,21)(H,19,20). The Morgan fingerprint density at radius 2 is 2.08 bits per heavy atom. The van der Waals surface area contributed by atoms with Crippen LogP contribution in [0.3, 0.4) is 0 Å². The molecule has 2 unspecified atom stereocenters. The van der Waals surface area contributed by atoms with Crippen LogP contribution in [0.1, 0.15) is 23.7 Å². The summed E-state index contributed by atoms with van der Waals surface area (Å²) in [5.74, 6) is 0.220. The molecule has 2 heterocycles. The number of aliphatic imine (C=N–C) groups is 1. The maximum absolute atomic E-state index is 12.1. The van der Waals surface area contributed by atoms with E-state index >= 15 is 0 Å². The topological polar surface area (TPSA) is 96.9 Å². The number of thioether (sulfide) groups is 1. The third-order valence-corrected chi connectivity index (χ3v) is 7.31. The van der Waals surface area contributed by atoms with Crippen LogP contribution in [0.4, 0.5) is 5.69 Å². The second kappa shape index (κ2) is 8.41. The molecule has 0 radical (unpaired) electrons. The van der Waals surface area contributed by atoms with Gasteiger partial charge in [0, 0.05) is 36.3 Å². The number of carbonyl (C=O) groups is 1. The molecule has 2 aliphatic rings. The molecule has 9 heteroatoms. The second-order valence-electron chi connectivity index (χ2n) is 6.24. The van der Waals surface area contributed by atoms with Gasteiger partial charge in [-0.2, -0.15) is 0 Å². The Kier molecular flexibility index (Phi) is 6.20. The summed E-state index contributed by atoms with van der Waals surface area (Å²) < 4.78 is 28.4. The first-order chi connectivity index (χ1) is 12.5. The van der Waals surface area contributed by atoms with Gasteiger partial charge in [0.15, 0.2) is 15.0 Å². The van der Waals surface area contributed by atoms with Crippen molar-refractivity contribution in [3.05, 3.63) is 29.8 Å². The van der Waals surface area contributed by atoms with Crippen LogP contribution in [0.15, 0.2) is 29.3 Å². The Balaban J connectivity index is 1.48. The first-order valence-corrected chi connectivity index (χ1v) is 11.3. The predicted molar refractivity (Wildman–Crippen MR) is 105 cm³/mol. The van der Waals surface area contributed by atoms with Crippen molar-refractivity contribution in [1.82, 2.24) is 5.32 Å². The van der Waals surface area contributed by atoms with E-state index in [1.54, 1.807) is 12.1 Å². The predicted octanol–water partition coefficient (Wildman–Crippen LogP) is 1.52. The number of nitrogens with zero attached hydrogens (tertiary/aromatic N) is 1. The van der Waals surface area contributed by atoms with Crippen LogP contribution in [0.5, 0.6) is 0 Å². The number of hydrogen-bond donors (Lipinski definition) is 2. The molecular formula is C17H23N3O4S2. The van der Waals surface area contributed by atoms with Crippen molar-refractivity contribution in [1.29, 1.82) is 0 Å². The van der Waals surface area contributed by atoms with Crippen molar-refractivity contribution in [3.63, 3.8) is 0 Å². The molecular weight excluding hydrogens is 374 g/mol. The normalized spacial score (nSPS) is 23.3. The Hall–Kier alpha value is -1.58. The minimum atomic E-state index is -2.94. The molecule has 0 spiro atoms. The lowest BCUT2D eigenvalue weighted by Crippen LogP contribution is -2.25. The summed E-state index contributed by atoms with van der Waals surface area (Å²) in [6.07, 6.45) is 0.786. The highest BCUT2D eigenvalue weighted by Crippen LogP contribution is 2.34. The van der Waals surface area contributed by atoms with E-state index in [-0.39, 0.29) is 28.7 Å². The summed E-state index contributed by atoms with van der Waals surface area (Å²) in [6, 6.07) is 7.01. The van der Waals surface area contributed by atoms with E-state index < -0.39 is 9.84 Å². The molecule has 1 aromatic rings. The van der Waals surface area contributed by atoms with Crippen LogP contribution >= 0.6 is 11.8 Å². The lowest BCUT2D eigenvalue weighted by Gasteiger charge is -2.08. The van der Waals surface area contributed by atoms with Crippen LogP contribution < -0.4 is 10.6 Å². The lowest BCUT2D eigenvalue weighted by atomic mass is 10.2. The summed E-state index contributed by atoms with van der Waals surface area (Å²) in [6.45, 7) is 3.85. The van der Waals surface area contributed by atoms with E-state index in [0.29, 0.717) is 25.3 Å². The maximum Gasteiger partial charge on any atom is 0.251 e. The summed E-state index contributed by atoms with van der Waals surface area (Å²) in [5.41, 5.74) is 1.42. The van der Waals surface area contributed by atoms with Crippen molar-refractivity contribution < 1.29 is 17.9 Å². The van der Waals surface area contributed by atoms with Crippen molar-refractivity contribution in [2.45, 2.75) is 24.6 Å². The molecule has 7 nitrogen and oxygen atoms in total. The Labute approximate surface area is 157 Å². The fourth-order valence-electron chi connectivity index (χ4n) is 2.87.